The van der Waals surface area contributed by atoms with Gasteiger partial charge >= 0.3 is 0 Å². The largest absolute Gasteiger partial charge is 0.358 e. The Labute approximate surface area is 164 Å². The van der Waals surface area contributed by atoms with Gasteiger partial charge in [-0.2, -0.15) is 5.10 Å². The van der Waals surface area contributed by atoms with Gasteiger partial charge in [0.1, 0.15) is 0 Å². The zero-order valence-corrected chi connectivity index (χ0v) is 16.3. The van der Waals surface area contributed by atoms with Crippen LogP contribution in [0.3, 0.4) is 0 Å². The molecule has 2 aromatic carbocycles. The Morgan fingerprint density at radius 3 is 2.57 bits per heavy atom. The fourth-order valence-corrected chi connectivity index (χ4v) is 3.08. The van der Waals surface area contributed by atoms with Crippen LogP contribution in [0.5, 0.6) is 0 Å². The molecule has 0 unspecified atom stereocenters. The number of amides is 2. The number of carbonyl (C=O) groups excluding carboxylic acids is 2. The first-order chi connectivity index (χ1) is 13.4. The topological polar surface area (TPSA) is 86.3 Å². The predicted octanol–water partition coefficient (Wildman–Crippen LogP) is 3.96. The Balaban J connectivity index is 1.51. The fourth-order valence-electron chi connectivity index (χ4n) is 3.08. The first kappa shape index (κ1) is 19.4. The summed E-state index contributed by atoms with van der Waals surface area (Å²) < 4.78 is 0. The molecule has 2 amide bonds. The van der Waals surface area contributed by atoms with Crippen molar-refractivity contribution in [1.82, 2.24) is 10.4 Å². The third kappa shape index (κ3) is 4.65. The second-order valence-corrected chi connectivity index (χ2v) is 6.87. The Morgan fingerprint density at radius 2 is 1.79 bits per heavy atom. The first-order valence-electron chi connectivity index (χ1n) is 9.20. The van der Waals surface area contributed by atoms with Crippen molar-refractivity contribution >= 4 is 34.6 Å². The predicted molar refractivity (Wildman–Crippen MR) is 113 cm³/mol. The molecule has 0 saturated heterocycles. The van der Waals surface area contributed by atoms with Crippen molar-refractivity contribution in [2.45, 2.75) is 33.6 Å². The molecule has 0 aliphatic carbocycles. The number of para-hydroxylation sites is 1. The van der Waals surface area contributed by atoms with Crippen molar-refractivity contribution in [2.24, 2.45) is 5.10 Å². The van der Waals surface area contributed by atoms with Crippen molar-refractivity contribution in [3.63, 3.8) is 0 Å². The van der Waals surface area contributed by atoms with Gasteiger partial charge in [-0.3, -0.25) is 9.59 Å². The molecule has 0 fully saturated rings. The summed E-state index contributed by atoms with van der Waals surface area (Å²) in [6, 6.07) is 13.7. The molecular formula is C22H24N4O2. The number of fused-ring (bicyclic) bond motifs is 1. The van der Waals surface area contributed by atoms with Gasteiger partial charge in [-0.15, -0.1) is 0 Å². The Morgan fingerprint density at radius 1 is 1.04 bits per heavy atom. The average Bonchev–Trinajstić information content (AvgIpc) is 2.98. The maximum absolute atomic E-state index is 12.1. The van der Waals surface area contributed by atoms with E-state index in [0.717, 1.165) is 39.0 Å². The van der Waals surface area contributed by atoms with Crippen LogP contribution < -0.4 is 10.7 Å². The number of carbonyl (C=O) groups is 2. The molecule has 3 rings (SSSR count). The lowest BCUT2D eigenvalue weighted by atomic mass is 10.1. The van der Waals surface area contributed by atoms with Crippen LogP contribution in [0.4, 0.5) is 5.69 Å². The number of nitrogens with one attached hydrogen (secondary N) is 3. The zero-order chi connectivity index (χ0) is 20.1. The Kier molecular flexibility index (Phi) is 5.89. The molecule has 3 N–H and O–H groups in total. The summed E-state index contributed by atoms with van der Waals surface area (Å²) in [5.41, 5.74) is 8.33. The van der Waals surface area contributed by atoms with Crippen LogP contribution in [-0.4, -0.2) is 23.0 Å². The third-order valence-electron chi connectivity index (χ3n) is 4.56. The lowest BCUT2D eigenvalue weighted by Crippen LogP contribution is -2.21. The lowest BCUT2D eigenvalue weighted by molar-refractivity contribution is -0.124. The molecule has 6 nitrogen and oxygen atoms in total. The maximum atomic E-state index is 12.1. The molecule has 1 heterocycles. The second-order valence-electron chi connectivity index (χ2n) is 6.87. The van der Waals surface area contributed by atoms with Crippen LogP contribution in [0.15, 0.2) is 47.6 Å². The summed E-state index contributed by atoms with van der Waals surface area (Å²) in [6.45, 7) is 5.90. The van der Waals surface area contributed by atoms with E-state index in [2.05, 4.69) is 20.8 Å². The van der Waals surface area contributed by atoms with Gasteiger partial charge in [-0.1, -0.05) is 35.9 Å². The summed E-state index contributed by atoms with van der Waals surface area (Å²) in [6.07, 6.45) is 1.80. The number of hydrogen-bond acceptors (Lipinski definition) is 3. The van der Waals surface area contributed by atoms with Gasteiger partial charge in [0, 0.05) is 40.7 Å². The summed E-state index contributed by atoms with van der Waals surface area (Å²) >= 11 is 0. The summed E-state index contributed by atoms with van der Waals surface area (Å²) in [5, 5.41) is 7.92. The highest BCUT2D eigenvalue weighted by Gasteiger charge is 2.09. The van der Waals surface area contributed by atoms with Crippen molar-refractivity contribution < 1.29 is 9.59 Å². The smallest absolute Gasteiger partial charge is 0.240 e. The highest BCUT2D eigenvalue weighted by Crippen LogP contribution is 2.20. The normalized spacial score (nSPS) is 11.1. The molecule has 6 heteroatoms. The van der Waals surface area contributed by atoms with Gasteiger partial charge in [0.05, 0.1) is 6.21 Å². The van der Waals surface area contributed by atoms with Crippen molar-refractivity contribution in [1.29, 1.82) is 0 Å². The minimum absolute atomic E-state index is 0.0704. The average molecular weight is 376 g/mol. The van der Waals surface area contributed by atoms with E-state index < -0.39 is 0 Å². The standard InChI is InChI=1S/C22H24N4O2/c1-14-8-9-19(15(2)12-14)25-21(27)10-11-22(28)26-23-13-18-16(3)24-20-7-5-4-6-17(18)20/h4-9,12-13,24H,10-11H2,1-3H3,(H,25,27)(H,26,28)/b23-13+. The Hall–Kier alpha value is -3.41. The van der Waals surface area contributed by atoms with E-state index in [1.165, 1.54) is 0 Å². The molecule has 1 aromatic heterocycles. The summed E-state index contributed by atoms with van der Waals surface area (Å²) in [5.74, 6) is -0.497. The number of hydrazone groups is 1. The van der Waals surface area contributed by atoms with Crippen LogP contribution in [0.1, 0.15) is 35.2 Å². The van der Waals surface area contributed by atoms with Crippen LogP contribution in [0.2, 0.25) is 0 Å². The zero-order valence-electron chi connectivity index (χ0n) is 16.3. The number of nitrogens with zero attached hydrogens (tertiary/aromatic N) is 1. The first-order valence-corrected chi connectivity index (χ1v) is 9.20. The molecule has 144 valence electrons. The number of anilines is 1. The SMILES string of the molecule is Cc1ccc(NC(=O)CCC(=O)N/N=C/c2c(C)[nH]c3ccccc23)c(C)c1. The van der Waals surface area contributed by atoms with Gasteiger partial charge in [-0.25, -0.2) is 5.43 Å². The fraction of sp³-hybridized carbons (Fsp3) is 0.227. The third-order valence-corrected chi connectivity index (χ3v) is 4.56. The molecule has 0 atom stereocenters. The van der Waals surface area contributed by atoms with Gasteiger partial charge in [0.15, 0.2) is 0 Å². The van der Waals surface area contributed by atoms with Gasteiger partial charge in [0.2, 0.25) is 11.8 Å². The van der Waals surface area contributed by atoms with Crippen LogP contribution in [0.25, 0.3) is 10.9 Å². The molecule has 0 spiro atoms. The number of rotatable bonds is 6. The van der Waals surface area contributed by atoms with E-state index in [9.17, 15) is 9.59 Å². The molecule has 0 aliphatic rings. The second kappa shape index (κ2) is 8.52. The number of aryl methyl sites for hydroxylation is 3. The molecule has 28 heavy (non-hydrogen) atoms. The van der Waals surface area contributed by atoms with E-state index >= 15 is 0 Å². The molecule has 0 radical (unpaired) electrons. The van der Waals surface area contributed by atoms with E-state index in [-0.39, 0.29) is 24.7 Å². The monoisotopic (exact) mass is 376 g/mol. The van der Waals surface area contributed by atoms with Crippen LogP contribution >= 0.6 is 0 Å². The lowest BCUT2D eigenvalue weighted by Gasteiger charge is -2.08. The van der Waals surface area contributed by atoms with E-state index in [1.54, 1.807) is 6.21 Å². The maximum Gasteiger partial charge on any atom is 0.240 e. The van der Waals surface area contributed by atoms with Crippen LogP contribution in [0, 0.1) is 20.8 Å². The van der Waals surface area contributed by atoms with Gasteiger partial charge < -0.3 is 10.3 Å². The van der Waals surface area contributed by atoms with Crippen LogP contribution in [-0.2, 0) is 9.59 Å². The highest BCUT2D eigenvalue weighted by atomic mass is 16.2. The molecule has 0 bridgehead atoms. The molecular weight excluding hydrogens is 352 g/mol. The number of aromatic nitrogens is 1. The molecule has 3 aromatic rings. The van der Waals surface area contributed by atoms with E-state index in [1.807, 2.05) is 63.2 Å². The number of benzene rings is 2. The number of aromatic amines is 1. The molecule has 0 saturated carbocycles. The van der Waals surface area contributed by atoms with Crippen molar-refractivity contribution in [3.05, 3.63) is 64.8 Å². The summed E-state index contributed by atoms with van der Waals surface area (Å²) in [7, 11) is 0. The number of H-pyrrole nitrogens is 1. The van der Waals surface area contributed by atoms with E-state index in [0.29, 0.717) is 0 Å². The highest BCUT2D eigenvalue weighted by molar-refractivity contribution is 6.01. The van der Waals surface area contributed by atoms with Gasteiger partial charge in [0.25, 0.3) is 0 Å². The minimum atomic E-state index is -0.301. The van der Waals surface area contributed by atoms with Crippen molar-refractivity contribution in [3.8, 4) is 0 Å². The van der Waals surface area contributed by atoms with Crippen molar-refractivity contribution in [2.75, 3.05) is 5.32 Å². The molecule has 0 aliphatic heterocycles. The van der Waals surface area contributed by atoms with E-state index in [4.69, 9.17) is 0 Å². The summed E-state index contributed by atoms with van der Waals surface area (Å²) in [4.78, 5) is 27.3. The van der Waals surface area contributed by atoms with Gasteiger partial charge in [-0.05, 0) is 38.5 Å². The minimum Gasteiger partial charge on any atom is -0.358 e. The Bertz CT molecular complexity index is 1050. The number of hydrogen-bond donors (Lipinski definition) is 3. The quantitative estimate of drug-likeness (QED) is 0.449.